The van der Waals surface area contributed by atoms with Crippen molar-refractivity contribution in [2.45, 2.75) is 118 Å². The van der Waals surface area contributed by atoms with Crippen molar-refractivity contribution in [3.63, 3.8) is 0 Å². The Bertz CT molecular complexity index is 844. The van der Waals surface area contributed by atoms with Crippen LogP contribution < -0.4 is 0 Å². The number of hydrogen-bond donors (Lipinski definition) is 0. The zero-order valence-electron chi connectivity index (χ0n) is 22.7. The standard InChI is InChI=1S/C32H48N2.Ni/c1-5-9-13-17-23-32(33-29-20-15-14-16-21-29)31(22-12-8-4)34-30-25-27(18-10-6-2)24-28(26-30)19-11-7-3;/h14-16,20-21,24-26H,5-13,17-19,22-23H2,1-4H3;. The van der Waals surface area contributed by atoms with E-state index in [0.29, 0.717) is 0 Å². The third-order valence-electron chi connectivity index (χ3n) is 6.33. The summed E-state index contributed by atoms with van der Waals surface area (Å²) in [6.45, 7) is 9.08. The Morgan fingerprint density at radius 2 is 1.06 bits per heavy atom. The number of hydrogen-bond acceptors (Lipinski definition) is 2. The molecular weight excluding hydrogens is 471 g/mol. The topological polar surface area (TPSA) is 24.7 Å². The summed E-state index contributed by atoms with van der Waals surface area (Å²) in [7, 11) is 0. The molecule has 0 bridgehead atoms. The minimum absolute atomic E-state index is 0. The van der Waals surface area contributed by atoms with Crippen LogP contribution in [0.2, 0.25) is 0 Å². The SMILES string of the molecule is CCCCCCC(=Nc1ccccc1)C(CCCC)=Nc1cc(CCCC)cc(CCCC)c1.[Ni]. The second-order valence-corrected chi connectivity index (χ2v) is 9.58. The molecule has 196 valence electrons. The van der Waals surface area contributed by atoms with Crippen LogP contribution in [-0.4, -0.2) is 11.4 Å². The fourth-order valence-corrected chi connectivity index (χ4v) is 4.27. The van der Waals surface area contributed by atoms with E-state index >= 15 is 0 Å². The van der Waals surface area contributed by atoms with Crippen LogP contribution in [0.25, 0.3) is 0 Å². The number of benzene rings is 2. The van der Waals surface area contributed by atoms with Gasteiger partial charge in [0, 0.05) is 16.5 Å². The van der Waals surface area contributed by atoms with Gasteiger partial charge in [-0.1, -0.05) is 90.5 Å². The predicted octanol–water partition coefficient (Wildman–Crippen LogP) is 10.4. The summed E-state index contributed by atoms with van der Waals surface area (Å²) in [5.41, 5.74) is 7.42. The van der Waals surface area contributed by atoms with E-state index in [1.54, 1.807) is 0 Å². The minimum atomic E-state index is 0. The number of aliphatic imine (C=N–C) groups is 2. The Labute approximate surface area is 226 Å². The first-order chi connectivity index (χ1) is 16.7. The van der Waals surface area contributed by atoms with E-state index in [0.717, 1.165) is 43.5 Å². The van der Waals surface area contributed by atoms with Crippen molar-refractivity contribution in [2.75, 3.05) is 0 Å². The molecule has 0 aliphatic heterocycles. The van der Waals surface area contributed by atoms with E-state index in [1.165, 1.54) is 80.3 Å². The van der Waals surface area contributed by atoms with Crippen LogP contribution >= 0.6 is 0 Å². The van der Waals surface area contributed by atoms with E-state index in [9.17, 15) is 0 Å². The largest absolute Gasteiger partial charge is 0.252 e. The van der Waals surface area contributed by atoms with Gasteiger partial charge in [-0.15, -0.1) is 0 Å². The molecule has 0 radical (unpaired) electrons. The van der Waals surface area contributed by atoms with E-state index in [2.05, 4.69) is 76.2 Å². The molecule has 2 aromatic rings. The molecule has 0 atom stereocenters. The maximum Gasteiger partial charge on any atom is 0.0639 e. The van der Waals surface area contributed by atoms with Gasteiger partial charge in [-0.2, -0.15) is 0 Å². The van der Waals surface area contributed by atoms with Crippen LogP contribution in [0.15, 0.2) is 58.5 Å². The normalized spacial score (nSPS) is 12.0. The van der Waals surface area contributed by atoms with Crippen molar-refractivity contribution in [2.24, 2.45) is 9.98 Å². The van der Waals surface area contributed by atoms with Gasteiger partial charge in [-0.05, 0) is 86.8 Å². The van der Waals surface area contributed by atoms with Gasteiger partial charge in [-0.3, -0.25) is 9.98 Å². The molecule has 2 nitrogen and oxygen atoms in total. The van der Waals surface area contributed by atoms with Crippen molar-refractivity contribution in [1.82, 2.24) is 0 Å². The molecule has 3 heteroatoms. The van der Waals surface area contributed by atoms with Crippen molar-refractivity contribution in [3.05, 3.63) is 59.7 Å². The first kappa shape index (κ1) is 31.3. The van der Waals surface area contributed by atoms with Crippen molar-refractivity contribution >= 4 is 22.8 Å². The second kappa shape index (κ2) is 19.5. The van der Waals surface area contributed by atoms with Crippen molar-refractivity contribution < 1.29 is 16.5 Å². The fourth-order valence-electron chi connectivity index (χ4n) is 4.27. The minimum Gasteiger partial charge on any atom is -0.252 e. The quantitative estimate of drug-likeness (QED) is 0.113. The maximum atomic E-state index is 5.31. The molecule has 0 unspecified atom stereocenters. The molecular formula is C32H48N2Ni. The van der Waals surface area contributed by atoms with E-state index in [1.807, 2.05) is 0 Å². The third kappa shape index (κ3) is 12.7. The fraction of sp³-hybridized carbons (Fsp3) is 0.562. The second-order valence-electron chi connectivity index (χ2n) is 9.58. The Kier molecular flexibility index (Phi) is 17.4. The Balaban J connectivity index is 0.00000612. The summed E-state index contributed by atoms with van der Waals surface area (Å²) in [5.74, 6) is 0. The molecule has 0 saturated carbocycles. The summed E-state index contributed by atoms with van der Waals surface area (Å²) < 4.78 is 0. The smallest absolute Gasteiger partial charge is 0.0639 e. The van der Waals surface area contributed by atoms with Gasteiger partial charge in [0.1, 0.15) is 0 Å². The molecule has 0 spiro atoms. The average Bonchev–Trinajstić information content (AvgIpc) is 2.86. The molecule has 0 saturated heterocycles. The summed E-state index contributed by atoms with van der Waals surface area (Å²) in [4.78, 5) is 10.5. The molecule has 0 aliphatic carbocycles. The molecule has 35 heavy (non-hydrogen) atoms. The van der Waals surface area contributed by atoms with Gasteiger partial charge in [0.2, 0.25) is 0 Å². The number of nitrogens with zero attached hydrogens (tertiary/aromatic N) is 2. The van der Waals surface area contributed by atoms with Crippen LogP contribution in [0.4, 0.5) is 11.4 Å². The predicted molar refractivity (Wildman–Crippen MR) is 153 cm³/mol. The Morgan fingerprint density at radius 1 is 0.543 bits per heavy atom. The van der Waals surface area contributed by atoms with Crippen LogP contribution in [0.1, 0.15) is 116 Å². The zero-order chi connectivity index (χ0) is 24.4. The first-order valence-corrected chi connectivity index (χ1v) is 14.0. The molecule has 0 aliphatic rings. The van der Waals surface area contributed by atoms with E-state index < -0.39 is 0 Å². The van der Waals surface area contributed by atoms with Gasteiger partial charge in [0.05, 0.1) is 22.8 Å². The van der Waals surface area contributed by atoms with Gasteiger partial charge in [0.25, 0.3) is 0 Å². The van der Waals surface area contributed by atoms with Crippen LogP contribution in [0.3, 0.4) is 0 Å². The van der Waals surface area contributed by atoms with Crippen molar-refractivity contribution in [3.8, 4) is 0 Å². The number of unbranched alkanes of at least 4 members (excludes halogenated alkanes) is 6. The third-order valence-corrected chi connectivity index (χ3v) is 6.33. The summed E-state index contributed by atoms with van der Waals surface area (Å²) in [6.07, 6.45) is 16.5. The first-order valence-electron chi connectivity index (χ1n) is 14.0. The van der Waals surface area contributed by atoms with Crippen LogP contribution in [-0.2, 0) is 29.3 Å². The van der Waals surface area contributed by atoms with E-state index in [-0.39, 0.29) is 16.5 Å². The van der Waals surface area contributed by atoms with E-state index in [4.69, 9.17) is 9.98 Å². The number of para-hydroxylation sites is 1. The molecule has 2 rings (SSSR count). The number of aryl methyl sites for hydroxylation is 2. The average molecular weight is 519 g/mol. The molecule has 0 N–H and O–H groups in total. The van der Waals surface area contributed by atoms with Gasteiger partial charge in [0.15, 0.2) is 0 Å². The van der Waals surface area contributed by atoms with Gasteiger partial charge < -0.3 is 0 Å². The Hall–Kier alpha value is -1.73. The number of rotatable bonds is 17. The molecule has 2 aromatic carbocycles. The van der Waals surface area contributed by atoms with Crippen LogP contribution in [0.5, 0.6) is 0 Å². The molecule has 0 amide bonds. The zero-order valence-corrected chi connectivity index (χ0v) is 23.7. The van der Waals surface area contributed by atoms with Crippen LogP contribution in [0, 0.1) is 0 Å². The van der Waals surface area contributed by atoms with Gasteiger partial charge in [-0.25, -0.2) is 0 Å². The summed E-state index contributed by atoms with van der Waals surface area (Å²) in [5, 5.41) is 0. The van der Waals surface area contributed by atoms with Crippen molar-refractivity contribution in [1.29, 1.82) is 0 Å². The molecule has 0 fully saturated rings. The van der Waals surface area contributed by atoms with Gasteiger partial charge >= 0.3 is 0 Å². The summed E-state index contributed by atoms with van der Waals surface area (Å²) in [6, 6.07) is 17.5. The maximum absolute atomic E-state index is 5.31. The molecule has 0 aromatic heterocycles. The molecule has 0 heterocycles. The monoisotopic (exact) mass is 518 g/mol. The summed E-state index contributed by atoms with van der Waals surface area (Å²) >= 11 is 0. The Morgan fingerprint density at radius 3 is 1.60 bits per heavy atom.